The largest absolute Gasteiger partial charge is 0.480 e. The van der Waals surface area contributed by atoms with Gasteiger partial charge in [-0.25, -0.2) is 4.98 Å². The van der Waals surface area contributed by atoms with Crippen LogP contribution in [-0.4, -0.2) is 27.0 Å². The third-order valence-corrected chi connectivity index (χ3v) is 3.30. The molecule has 0 aliphatic carbocycles. The second-order valence-electron chi connectivity index (χ2n) is 3.92. The van der Waals surface area contributed by atoms with Crippen molar-refractivity contribution >= 4 is 23.2 Å². The number of aliphatic carboxylic acids is 1. The van der Waals surface area contributed by atoms with Crippen molar-refractivity contribution in [2.24, 2.45) is 0 Å². The average molecular weight is 263 g/mol. The van der Waals surface area contributed by atoms with Crippen LogP contribution in [0, 0.1) is 13.8 Å². The molecule has 2 N–H and O–H groups in total. The monoisotopic (exact) mass is 263 g/mol. The van der Waals surface area contributed by atoms with Gasteiger partial charge in [0.05, 0.1) is 0 Å². The Morgan fingerprint density at radius 2 is 2.22 bits per heavy atom. The zero-order chi connectivity index (χ0) is 13.1. The SMILES string of the molecule is Cc1nsc(-c2ccc(C)c(NCC(=O)O)c2)n1. The molecule has 1 aromatic carbocycles. The van der Waals surface area contributed by atoms with Gasteiger partial charge in [0.15, 0.2) is 0 Å². The second-order valence-corrected chi connectivity index (χ2v) is 4.68. The van der Waals surface area contributed by atoms with Gasteiger partial charge < -0.3 is 10.4 Å². The predicted octanol–water partition coefficient (Wildman–Crippen LogP) is 2.32. The highest BCUT2D eigenvalue weighted by Crippen LogP contribution is 2.26. The quantitative estimate of drug-likeness (QED) is 0.885. The first-order chi connectivity index (χ1) is 8.56. The maximum Gasteiger partial charge on any atom is 0.322 e. The van der Waals surface area contributed by atoms with Crippen LogP contribution in [0.1, 0.15) is 11.4 Å². The van der Waals surface area contributed by atoms with Gasteiger partial charge >= 0.3 is 5.97 Å². The molecule has 94 valence electrons. The number of carboxylic acids is 1. The van der Waals surface area contributed by atoms with E-state index in [4.69, 9.17) is 5.11 Å². The topological polar surface area (TPSA) is 75.1 Å². The number of carbonyl (C=O) groups is 1. The van der Waals surface area contributed by atoms with Crippen LogP contribution in [0.25, 0.3) is 10.6 Å². The van der Waals surface area contributed by atoms with E-state index in [-0.39, 0.29) is 6.54 Å². The molecule has 0 saturated heterocycles. The van der Waals surface area contributed by atoms with Crippen LogP contribution >= 0.6 is 11.5 Å². The Morgan fingerprint density at radius 3 is 2.83 bits per heavy atom. The summed E-state index contributed by atoms with van der Waals surface area (Å²) in [5, 5.41) is 12.4. The molecular formula is C12H13N3O2S. The highest BCUT2D eigenvalue weighted by Gasteiger charge is 2.07. The maximum atomic E-state index is 10.6. The Hall–Kier alpha value is -1.95. The molecule has 18 heavy (non-hydrogen) atoms. The van der Waals surface area contributed by atoms with Crippen molar-refractivity contribution in [2.45, 2.75) is 13.8 Å². The lowest BCUT2D eigenvalue weighted by Gasteiger charge is -2.08. The first kappa shape index (κ1) is 12.5. The van der Waals surface area contributed by atoms with Crippen molar-refractivity contribution in [3.63, 3.8) is 0 Å². The van der Waals surface area contributed by atoms with Crippen LogP contribution in [0.15, 0.2) is 18.2 Å². The zero-order valence-electron chi connectivity index (χ0n) is 10.1. The number of nitrogens with zero attached hydrogens (tertiary/aromatic N) is 2. The predicted molar refractivity (Wildman–Crippen MR) is 70.9 cm³/mol. The third-order valence-electron chi connectivity index (χ3n) is 2.44. The molecule has 0 amide bonds. The van der Waals surface area contributed by atoms with Gasteiger partial charge in [-0.05, 0) is 37.0 Å². The fourth-order valence-corrected chi connectivity index (χ4v) is 2.20. The van der Waals surface area contributed by atoms with Crippen molar-refractivity contribution in [3.05, 3.63) is 29.6 Å². The molecule has 0 fully saturated rings. The molecule has 0 atom stereocenters. The van der Waals surface area contributed by atoms with Gasteiger partial charge in [-0.15, -0.1) is 0 Å². The number of nitrogens with one attached hydrogen (secondary N) is 1. The highest BCUT2D eigenvalue weighted by atomic mass is 32.1. The molecule has 2 rings (SSSR count). The van der Waals surface area contributed by atoms with Crippen LogP contribution < -0.4 is 5.32 Å². The maximum absolute atomic E-state index is 10.6. The Labute approximate surface area is 109 Å². The lowest BCUT2D eigenvalue weighted by molar-refractivity contribution is -0.134. The Kier molecular flexibility index (Phi) is 3.57. The average Bonchev–Trinajstić information content (AvgIpc) is 2.74. The van der Waals surface area contributed by atoms with Crippen LogP contribution in [0.2, 0.25) is 0 Å². The van der Waals surface area contributed by atoms with Gasteiger partial charge in [-0.3, -0.25) is 4.79 Å². The van der Waals surface area contributed by atoms with Crippen molar-refractivity contribution in [3.8, 4) is 10.6 Å². The summed E-state index contributed by atoms with van der Waals surface area (Å²) in [6, 6.07) is 5.80. The van der Waals surface area contributed by atoms with E-state index in [1.807, 2.05) is 32.0 Å². The molecular weight excluding hydrogens is 250 g/mol. The van der Waals surface area contributed by atoms with E-state index < -0.39 is 5.97 Å². The molecule has 0 radical (unpaired) electrons. The highest BCUT2D eigenvalue weighted by molar-refractivity contribution is 7.09. The number of rotatable bonds is 4. The summed E-state index contributed by atoms with van der Waals surface area (Å²) in [6.07, 6.45) is 0. The first-order valence-electron chi connectivity index (χ1n) is 5.43. The van der Waals surface area contributed by atoms with Gasteiger partial charge in [0.1, 0.15) is 17.4 Å². The van der Waals surface area contributed by atoms with E-state index in [0.29, 0.717) is 0 Å². The summed E-state index contributed by atoms with van der Waals surface area (Å²) in [5.74, 6) is -0.137. The summed E-state index contributed by atoms with van der Waals surface area (Å²) in [4.78, 5) is 14.9. The fourth-order valence-electron chi connectivity index (χ4n) is 1.53. The number of hydrogen-bond donors (Lipinski definition) is 2. The summed E-state index contributed by atoms with van der Waals surface area (Å²) in [6.45, 7) is 3.68. The standard InChI is InChI=1S/C12H13N3O2S/c1-7-3-4-9(12-14-8(2)15-18-12)5-10(7)13-6-11(16)17/h3-5,13H,6H2,1-2H3,(H,16,17). The molecule has 0 saturated carbocycles. The molecule has 0 aliphatic rings. The van der Waals surface area contributed by atoms with Gasteiger partial charge in [0.2, 0.25) is 0 Å². The number of aromatic nitrogens is 2. The molecule has 1 heterocycles. The Bertz CT molecular complexity index is 580. The van der Waals surface area contributed by atoms with E-state index in [0.717, 1.165) is 27.6 Å². The summed E-state index contributed by atoms with van der Waals surface area (Å²) >= 11 is 1.34. The molecule has 0 bridgehead atoms. The summed E-state index contributed by atoms with van der Waals surface area (Å²) in [5.41, 5.74) is 2.75. The molecule has 2 aromatic rings. The number of anilines is 1. The van der Waals surface area contributed by atoms with Crippen LogP contribution in [0.5, 0.6) is 0 Å². The van der Waals surface area contributed by atoms with Crippen molar-refractivity contribution in [1.82, 2.24) is 9.36 Å². The minimum Gasteiger partial charge on any atom is -0.480 e. The van der Waals surface area contributed by atoms with Crippen molar-refractivity contribution < 1.29 is 9.90 Å². The number of benzene rings is 1. The third kappa shape index (κ3) is 2.84. The fraction of sp³-hybridized carbons (Fsp3) is 0.250. The van der Waals surface area contributed by atoms with Crippen LogP contribution in [0.4, 0.5) is 5.69 Å². The van der Waals surface area contributed by atoms with E-state index in [1.165, 1.54) is 11.5 Å². The van der Waals surface area contributed by atoms with Gasteiger partial charge in [-0.1, -0.05) is 12.1 Å². The minimum atomic E-state index is -0.883. The van der Waals surface area contributed by atoms with Crippen LogP contribution in [0.3, 0.4) is 0 Å². The number of aryl methyl sites for hydroxylation is 2. The normalized spacial score (nSPS) is 10.3. The molecule has 1 aromatic heterocycles. The van der Waals surface area contributed by atoms with E-state index >= 15 is 0 Å². The lowest BCUT2D eigenvalue weighted by Crippen LogP contribution is -2.13. The minimum absolute atomic E-state index is 0.0978. The first-order valence-corrected chi connectivity index (χ1v) is 6.20. The molecule has 0 spiro atoms. The molecule has 5 nitrogen and oxygen atoms in total. The summed E-state index contributed by atoms with van der Waals surface area (Å²) in [7, 11) is 0. The molecule has 0 aliphatic heterocycles. The smallest absolute Gasteiger partial charge is 0.322 e. The molecule has 6 heteroatoms. The second kappa shape index (κ2) is 5.14. The van der Waals surface area contributed by atoms with Gasteiger partial charge in [-0.2, -0.15) is 4.37 Å². The van der Waals surface area contributed by atoms with E-state index in [1.54, 1.807) is 0 Å². The Morgan fingerprint density at radius 1 is 1.44 bits per heavy atom. The van der Waals surface area contributed by atoms with Crippen molar-refractivity contribution in [2.75, 3.05) is 11.9 Å². The number of hydrogen-bond acceptors (Lipinski definition) is 5. The lowest BCUT2D eigenvalue weighted by atomic mass is 10.1. The van der Waals surface area contributed by atoms with Crippen molar-refractivity contribution in [1.29, 1.82) is 0 Å². The molecule has 0 unspecified atom stereocenters. The summed E-state index contributed by atoms with van der Waals surface area (Å²) < 4.78 is 4.14. The Balaban J connectivity index is 2.28. The van der Waals surface area contributed by atoms with Gasteiger partial charge in [0.25, 0.3) is 0 Å². The van der Waals surface area contributed by atoms with Gasteiger partial charge in [0, 0.05) is 11.3 Å². The zero-order valence-corrected chi connectivity index (χ0v) is 10.9. The van der Waals surface area contributed by atoms with Crippen LogP contribution in [-0.2, 0) is 4.79 Å². The number of carboxylic acid groups (broad SMARTS) is 1. The van der Waals surface area contributed by atoms with E-state index in [9.17, 15) is 4.79 Å². The van der Waals surface area contributed by atoms with E-state index in [2.05, 4.69) is 14.7 Å².